The fraction of sp³-hybridized carbons (Fsp3) is 0.171. The molecule has 1 aliphatic heterocycles. The van der Waals surface area contributed by atoms with Gasteiger partial charge in [0.15, 0.2) is 16.3 Å². The van der Waals surface area contributed by atoms with Crippen molar-refractivity contribution < 1.29 is 33.1 Å². The molecule has 13 heteroatoms. The van der Waals surface area contributed by atoms with Crippen LogP contribution in [0.1, 0.15) is 29.9 Å². The summed E-state index contributed by atoms with van der Waals surface area (Å²) >= 11 is 1.13. The smallest absolute Gasteiger partial charge is 0.338 e. The number of nitro benzene ring substituents is 1. The molecule has 0 radical (unpaired) electrons. The monoisotopic (exact) mass is 667 g/mol. The molecule has 3 aromatic carbocycles. The zero-order valence-corrected chi connectivity index (χ0v) is 27.1. The number of carbonyl (C=O) groups excluding carboxylic acids is 1. The van der Waals surface area contributed by atoms with E-state index in [4.69, 9.17) is 28.4 Å². The van der Waals surface area contributed by atoms with E-state index in [0.717, 1.165) is 11.3 Å². The number of furan rings is 1. The summed E-state index contributed by atoms with van der Waals surface area (Å²) in [6.07, 6.45) is 1.57. The molecular formula is C35H29N3O9S. The lowest BCUT2D eigenvalue weighted by Gasteiger charge is -2.26. The average molecular weight is 668 g/mol. The van der Waals surface area contributed by atoms with E-state index < -0.39 is 22.5 Å². The Balaban J connectivity index is 1.56. The van der Waals surface area contributed by atoms with Crippen LogP contribution in [0.3, 0.4) is 0 Å². The number of nitro groups is 1. The predicted octanol–water partition coefficient (Wildman–Crippen LogP) is 5.13. The zero-order chi connectivity index (χ0) is 33.9. The van der Waals surface area contributed by atoms with Crippen molar-refractivity contribution in [1.82, 2.24) is 4.57 Å². The Kier molecular flexibility index (Phi) is 8.95. The Labute approximate surface area is 277 Å². The number of fused-ring (bicyclic) bond motifs is 1. The summed E-state index contributed by atoms with van der Waals surface area (Å²) in [6.45, 7) is 1.83. The van der Waals surface area contributed by atoms with E-state index in [1.54, 1.807) is 43.3 Å². The molecule has 0 N–H and O–H groups in total. The Morgan fingerprint density at radius 2 is 1.71 bits per heavy atom. The van der Waals surface area contributed by atoms with Gasteiger partial charge in [-0.1, -0.05) is 47.7 Å². The van der Waals surface area contributed by atoms with E-state index >= 15 is 0 Å². The maximum Gasteiger partial charge on any atom is 0.338 e. The second kappa shape index (κ2) is 13.4. The average Bonchev–Trinajstić information content (AvgIpc) is 3.70. The summed E-state index contributed by atoms with van der Waals surface area (Å²) < 4.78 is 29.7. The van der Waals surface area contributed by atoms with Crippen LogP contribution in [-0.2, 0) is 9.53 Å². The van der Waals surface area contributed by atoms with Gasteiger partial charge in [0.1, 0.15) is 17.3 Å². The van der Waals surface area contributed by atoms with Gasteiger partial charge < -0.3 is 23.4 Å². The van der Waals surface area contributed by atoms with Gasteiger partial charge in [0.05, 0.1) is 60.3 Å². The highest BCUT2D eigenvalue weighted by atomic mass is 32.1. The van der Waals surface area contributed by atoms with Gasteiger partial charge in [0, 0.05) is 23.8 Å². The molecule has 0 amide bonds. The second-order valence-corrected chi connectivity index (χ2v) is 11.4. The first kappa shape index (κ1) is 32.0. The van der Waals surface area contributed by atoms with Gasteiger partial charge in [0.2, 0.25) is 0 Å². The first-order valence-corrected chi connectivity index (χ1v) is 15.5. The fourth-order valence-corrected chi connectivity index (χ4v) is 6.47. The molecule has 0 saturated heterocycles. The van der Waals surface area contributed by atoms with Gasteiger partial charge in [0.25, 0.3) is 11.2 Å². The maximum atomic E-state index is 14.3. The number of benzene rings is 3. The highest BCUT2D eigenvalue weighted by molar-refractivity contribution is 7.07. The number of methoxy groups -OCH3 is 3. The van der Waals surface area contributed by atoms with E-state index in [2.05, 4.69) is 0 Å². The van der Waals surface area contributed by atoms with Crippen LogP contribution in [0.5, 0.6) is 17.2 Å². The summed E-state index contributed by atoms with van der Waals surface area (Å²) in [4.78, 5) is 44.1. The van der Waals surface area contributed by atoms with Crippen LogP contribution in [0, 0.1) is 10.1 Å². The molecule has 0 spiro atoms. The van der Waals surface area contributed by atoms with Crippen molar-refractivity contribution in [1.29, 1.82) is 0 Å². The van der Waals surface area contributed by atoms with Crippen LogP contribution in [0.4, 0.5) is 5.69 Å². The number of carbonyl (C=O) groups is 1. The standard InChI is InChI=1S/C35H29N3O9S/c1-5-46-34(40)30-31(20-9-7-6-8-10-20)36-35-37(32(30)21-11-14-27(44-3)28(17-21)45-4)33(39)29(48-35)19-23-13-16-26(47-23)24-18-22(38(41)42)12-15-25(24)43-2/h6-19,32H,5H2,1-4H3/b29-19-. The predicted molar refractivity (Wildman–Crippen MR) is 178 cm³/mol. The number of thiazole rings is 1. The molecule has 0 aliphatic carbocycles. The number of aromatic nitrogens is 1. The van der Waals surface area contributed by atoms with Crippen molar-refractivity contribution in [2.45, 2.75) is 13.0 Å². The van der Waals surface area contributed by atoms with Crippen molar-refractivity contribution in [3.8, 4) is 28.6 Å². The number of ether oxygens (including phenoxy) is 4. The molecule has 48 heavy (non-hydrogen) atoms. The van der Waals surface area contributed by atoms with E-state index in [-0.39, 0.29) is 22.4 Å². The molecule has 0 saturated carbocycles. The topological polar surface area (TPSA) is 145 Å². The summed E-state index contributed by atoms with van der Waals surface area (Å²) in [5, 5.41) is 11.4. The van der Waals surface area contributed by atoms with E-state index in [0.29, 0.717) is 56.0 Å². The molecule has 12 nitrogen and oxygen atoms in total. The third kappa shape index (κ3) is 5.86. The maximum absolute atomic E-state index is 14.3. The Morgan fingerprint density at radius 1 is 0.979 bits per heavy atom. The molecule has 5 aromatic rings. The number of non-ortho nitro benzene ring substituents is 1. The van der Waals surface area contributed by atoms with Gasteiger partial charge in [-0.15, -0.1) is 0 Å². The molecule has 1 atom stereocenters. The van der Waals surface area contributed by atoms with Crippen LogP contribution < -0.4 is 29.1 Å². The third-order valence-corrected chi connectivity index (χ3v) is 8.64. The van der Waals surface area contributed by atoms with E-state index in [1.807, 2.05) is 30.3 Å². The van der Waals surface area contributed by atoms with Gasteiger partial charge >= 0.3 is 5.97 Å². The summed E-state index contributed by atoms with van der Waals surface area (Å²) in [5.74, 6) is 1.30. The number of hydrogen-bond donors (Lipinski definition) is 0. The van der Waals surface area contributed by atoms with Gasteiger partial charge in [-0.3, -0.25) is 19.5 Å². The van der Waals surface area contributed by atoms with Crippen molar-refractivity contribution in [2.24, 2.45) is 4.99 Å². The SMILES string of the molecule is CCOC(=O)C1=C(c2ccccc2)N=c2s/c(=C\c3ccc(-c4cc([N+](=O)[O-])ccc4OC)o3)c(=O)n2C1c1ccc(OC)c(OC)c1. The molecule has 1 unspecified atom stereocenters. The highest BCUT2D eigenvalue weighted by Crippen LogP contribution is 2.39. The zero-order valence-electron chi connectivity index (χ0n) is 26.3. The minimum absolute atomic E-state index is 0.115. The largest absolute Gasteiger partial charge is 0.496 e. The summed E-state index contributed by atoms with van der Waals surface area (Å²) in [6, 6.07) is 21.0. The second-order valence-electron chi connectivity index (χ2n) is 10.4. The molecule has 2 aromatic heterocycles. The minimum Gasteiger partial charge on any atom is -0.496 e. The van der Waals surface area contributed by atoms with Gasteiger partial charge in [-0.25, -0.2) is 9.79 Å². The number of esters is 1. The van der Waals surface area contributed by atoms with Crippen molar-refractivity contribution in [2.75, 3.05) is 27.9 Å². The van der Waals surface area contributed by atoms with Crippen LogP contribution >= 0.6 is 11.3 Å². The highest BCUT2D eigenvalue weighted by Gasteiger charge is 2.35. The first-order chi connectivity index (χ1) is 23.3. The van der Waals surface area contributed by atoms with Crippen molar-refractivity contribution in [3.05, 3.63) is 131 Å². The molecular weight excluding hydrogens is 638 g/mol. The lowest BCUT2D eigenvalue weighted by molar-refractivity contribution is -0.384. The lowest BCUT2D eigenvalue weighted by atomic mass is 9.93. The van der Waals surface area contributed by atoms with Crippen molar-refractivity contribution >= 4 is 34.8 Å². The Bertz CT molecular complexity index is 2250. The van der Waals surface area contributed by atoms with E-state index in [9.17, 15) is 19.7 Å². The summed E-state index contributed by atoms with van der Waals surface area (Å²) in [7, 11) is 4.48. The Hall–Kier alpha value is -5.95. The van der Waals surface area contributed by atoms with E-state index in [1.165, 1.54) is 44.1 Å². The lowest BCUT2D eigenvalue weighted by Crippen LogP contribution is -2.40. The van der Waals surface area contributed by atoms with Gasteiger partial charge in [-0.05, 0) is 42.8 Å². The van der Waals surface area contributed by atoms with Crippen LogP contribution in [0.15, 0.2) is 98.6 Å². The molecule has 6 rings (SSSR count). The normalized spacial score (nSPS) is 14.2. The molecule has 0 bridgehead atoms. The molecule has 1 aliphatic rings. The summed E-state index contributed by atoms with van der Waals surface area (Å²) in [5.41, 5.74) is 1.65. The van der Waals surface area contributed by atoms with Crippen LogP contribution in [0.25, 0.3) is 23.1 Å². The minimum atomic E-state index is -0.932. The first-order valence-electron chi connectivity index (χ1n) is 14.7. The number of rotatable bonds is 10. The molecule has 244 valence electrons. The van der Waals surface area contributed by atoms with Gasteiger partial charge in [-0.2, -0.15) is 0 Å². The fourth-order valence-electron chi connectivity index (χ4n) is 5.49. The molecule has 3 heterocycles. The quantitative estimate of drug-likeness (QED) is 0.112. The third-order valence-electron chi connectivity index (χ3n) is 7.66. The van der Waals surface area contributed by atoms with Crippen LogP contribution in [0.2, 0.25) is 0 Å². The van der Waals surface area contributed by atoms with Crippen LogP contribution in [-0.4, -0.2) is 43.4 Å². The Morgan fingerprint density at radius 3 is 2.40 bits per heavy atom. The van der Waals surface area contributed by atoms with Crippen molar-refractivity contribution in [3.63, 3.8) is 0 Å². The number of hydrogen-bond acceptors (Lipinski definition) is 11. The molecule has 0 fully saturated rings. The number of nitrogens with zero attached hydrogens (tertiary/aromatic N) is 3.